The Bertz CT molecular complexity index is 894. The molecule has 1 aliphatic rings. The van der Waals surface area contributed by atoms with Gasteiger partial charge in [-0.25, -0.2) is 4.99 Å². The van der Waals surface area contributed by atoms with Crippen LogP contribution in [0.1, 0.15) is 24.0 Å². The molecule has 0 saturated carbocycles. The van der Waals surface area contributed by atoms with Gasteiger partial charge in [0.25, 0.3) is 0 Å². The SMILES string of the molecule is CN(C)C(=O)CNC(=NCc1ccc(N2CCCC2=O)cc1)NCCc1ccccc1. The van der Waals surface area contributed by atoms with E-state index in [-0.39, 0.29) is 18.4 Å². The molecule has 2 N–H and O–H groups in total. The van der Waals surface area contributed by atoms with Crippen LogP contribution in [0.4, 0.5) is 5.69 Å². The quantitative estimate of drug-likeness (QED) is 0.506. The van der Waals surface area contributed by atoms with Gasteiger partial charge in [0.05, 0.1) is 13.1 Å². The fraction of sp³-hybridized carbons (Fsp3) is 0.375. The third-order valence-electron chi connectivity index (χ3n) is 5.20. The first-order valence-corrected chi connectivity index (χ1v) is 10.7. The third-order valence-corrected chi connectivity index (χ3v) is 5.20. The highest BCUT2D eigenvalue weighted by atomic mass is 16.2. The summed E-state index contributed by atoms with van der Waals surface area (Å²) in [4.78, 5) is 31.9. The zero-order valence-electron chi connectivity index (χ0n) is 18.3. The number of amides is 2. The molecular formula is C24H31N5O2. The van der Waals surface area contributed by atoms with Crippen molar-refractivity contribution >= 4 is 23.5 Å². The molecule has 0 spiro atoms. The van der Waals surface area contributed by atoms with E-state index in [0.29, 0.717) is 25.5 Å². The summed E-state index contributed by atoms with van der Waals surface area (Å²) in [5, 5.41) is 6.42. The molecule has 2 amide bonds. The summed E-state index contributed by atoms with van der Waals surface area (Å²) >= 11 is 0. The van der Waals surface area contributed by atoms with Gasteiger partial charge in [-0.15, -0.1) is 0 Å². The normalized spacial score (nSPS) is 13.9. The van der Waals surface area contributed by atoms with E-state index in [9.17, 15) is 9.59 Å². The van der Waals surface area contributed by atoms with E-state index >= 15 is 0 Å². The van der Waals surface area contributed by atoms with Crippen LogP contribution in [0.25, 0.3) is 0 Å². The van der Waals surface area contributed by atoms with Crippen molar-refractivity contribution in [2.75, 3.05) is 38.6 Å². The number of carbonyl (C=O) groups excluding carboxylic acids is 2. The minimum Gasteiger partial charge on any atom is -0.356 e. The van der Waals surface area contributed by atoms with Crippen LogP contribution in [0.15, 0.2) is 59.6 Å². The summed E-state index contributed by atoms with van der Waals surface area (Å²) in [6.07, 6.45) is 2.41. The molecule has 7 nitrogen and oxygen atoms in total. The van der Waals surface area contributed by atoms with Crippen molar-refractivity contribution in [3.05, 3.63) is 65.7 Å². The second kappa shape index (κ2) is 11.2. The lowest BCUT2D eigenvalue weighted by molar-refractivity contribution is -0.127. The Labute approximate surface area is 184 Å². The standard InChI is InChI=1S/C24H31N5O2/c1-28(2)23(31)18-27-24(25-15-14-19-7-4-3-5-8-19)26-17-20-10-12-21(13-11-20)29-16-6-9-22(29)30/h3-5,7-8,10-13H,6,9,14-18H2,1-2H3,(H2,25,26,27). The number of anilines is 1. The molecule has 0 atom stereocenters. The first-order valence-electron chi connectivity index (χ1n) is 10.7. The van der Waals surface area contributed by atoms with Crippen molar-refractivity contribution in [1.82, 2.24) is 15.5 Å². The third kappa shape index (κ3) is 6.84. The van der Waals surface area contributed by atoms with Gasteiger partial charge in [-0.3, -0.25) is 9.59 Å². The number of nitrogens with one attached hydrogen (secondary N) is 2. The molecule has 164 valence electrons. The second-order valence-electron chi connectivity index (χ2n) is 7.78. The van der Waals surface area contributed by atoms with Gasteiger partial charge in [-0.1, -0.05) is 42.5 Å². The van der Waals surface area contributed by atoms with Gasteiger partial charge in [-0.2, -0.15) is 0 Å². The summed E-state index contributed by atoms with van der Waals surface area (Å²) in [5.41, 5.74) is 3.22. The van der Waals surface area contributed by atoms with Gasteiger partial charge in [0.2, 0.25) is 11.8 Å². The summed E-state index contributed by atoms with van der Waals surface area (Å²) < 4.78 is 0. The lowest BCUT2D eigenvalue weighted by atomic mass is 10.1. The number of carbonyl (C=O) groups is 2. The molecule has 0 aliphatic carbocycles. The zero-order chi connectivity index (χ0) is 22.1. The highest BCUT2D eigenvalue weighted by Gasteiger charge is 2.21. The average molecular weight is 422 g/mol. The topological polar surface area (TPSA) is 77.0 Å². The molecule has 2 aromatic carbocycles. The van der Waals surface area contributed by atoms with Gasteiger partial charge < -0.3 is 20.4 Å². The molecule has 0 unspecified atom stereocenters. The molecule has 7 heteroatoms. The first kappa shape index (κ1) is 22.3. The molecule has 0 radical (unpaired) electrons. The second-order valence-corrected chi connectivity index (χ2v) is 7.78. The van der Waals surface area contributed by atoms with Crippen molar-refractivity contribution in [3.63, 3.8) is 0 Å². The van der Waals surface area contributed by atoms with E-state index in [2.05, 4.69) is 27.8 Å². The van der Waals surface area contributed by atoms with E-state index in [1.807, 2.05) is 47.4 Å². The van der Waals surface area contributed by atoms with Crippen LogP contribution in [0.5, 0.6) is 0 Å². The van der Waals surface area contributed by atoms with Crippen LogP contribution in [-0.4, -0.2) is 56.4 Å². The predicted octanol–water partition coefficient (Wildman–Crippen LogP) is 2.18. The number of aliphatic imine (C=N–C) groups is 1. The monoisotopic (exact) mass is 421 g/mol. The van der Waals surface area contributed by atoms with Gasteiger partial charge in [0, 0.05) is 39.3 Å². The number of likely N-dealkylation sites (N-methyl/N-ethyl adjacent to an activating group) is 1. The van der Waals surface area contributed by atoms with Gasteiger partial charge in [0.1, 0.15) is 0 Å². The molecule has 1 saturated heterocycles. The van der Waals surface area contributed by atoms with E-state index in [1.165, 1.54) is 5.56 Å². The first-order chi connectivity index (χ1) is 15.0. The highest BCUT2D eigenvalue weighted by molar-refractivity contribution is 5.95. The summed E-state index contributed by atoms with van der Waals surface area (Å²) in [5.74, 6) is 0.771. The fourth-order valence-electron chi connectivity index (χ4n) is 3.33. The Balaban J connectivity index is 1.59. The Kier molecular flexibility index (Phi) is 8.04. The van der Waals surface area contributed by atoms with E-state index in [4.69, 9.17) is 0 Å². The van der Waals surface area contributed by atoms with Crippen LogP contribution in [0.3, 0.4) is 0 Å². The fourth-order valence-corrected chi connectivity index (χ4v) is 3.33. The number of guanidine groups is 1. The van der Waals surface area contributed by atoms with Gasteiger partial charge >= 0.3 is 0 Å². The summed E-state index contributed by atoms with van der Waals surface area (Å²) in [6, 6.07) is 18.2. The van der Waals surface area contributed by atoms with Gasteiger partial charge in [0.15, 0.2) is 5.96 Å². The molecule has 0 bridgehead atoms. The summed E-state index contributed by atoms with van der Waals surface area (Å²) in [7, 11) is 3.46. The number of benzene rings is 2. The molecule has 3 rings (SSSR count). The smallest absolute Gasteiger partial charge is 0.241 e. The molecule has 1 fully saturated rings. The van der Waals surface area contributed by atoms with Crippen LogP contribution < -0.4 is 15.5 Å². The Morgan fingerprint density at radius 3 is 2.42 bits per heavy atom. The van der Waals surface area contributed by atoms with Crippen molar-refractivity contribution in [2.24, 2.45) is 4.99 Å². The maximum Gasteiger partial charge on any atom is 0.241 e. The van der Waals surface area contributed by atoms with Crippen molar-refractivity contribution < 1.29 is 9.59 Å². The maximum absolute atomic E-state index is 12.0. The molecule has 1 aliphatic heterocycles. The maximum atomic E-state index is 12.0. The minimum atomic E-state index is -0.0165. The van der Waals surface area contributed by atoms with Gasteiger partial charge in [-0.05, 0) is 36.1 Å². The number of hydrogen-bond acceptors (Lipinski definition) is 3. The molecular weight excluding hydrogens is 390 g/mol. The average Bonchev–Trinajstić information content (AvgIpc) is 3.21. The molecule has 1 heterocycles. The molecule has 31 heavy (non-hydrogen) atoms. The summed E-state index contributed by atoms with van der Waals surface area (Å²) in [6.45, 7) is 2.16. The van der Waals surface area contributed by atoms with Crippen molar-refractivity contribution in [2.45, 2.75) is 25.8 Å². The number of nitrogens with zero attached hydrogens (tertiary/aromatic N) is 3. The Morgan fingerprint density at radius 2 is 1.77 bits per heavy atom. The lowest BCUT2D eigenvalue weighted by Gasteiger charge is -2.16. The van der Waals surface area contributed by atoms with Crippen LogP contribution in [0, 0.1) is 0 Å². The molecule has 0 aromatic heterocycles. The Morgan fingerprint density at radius 1 is 1.03 bits per heavy atom. The van der Waals surface area contributed by atoms with Crippen LogP contribution in [0.2, 0.25) is 0 Å². The minimum absolute atomic E-state index is 0.0165. The van der Waals surface area contributed by atoms with Crippen LogP contribution >= 0.6 is 0 Å². The van der Waals surface area contributed by atoms with Crippen molar-refractivity contribution in [3.8, 4) is 0 Å². The number of rotatable bonds is 8. The van der Waals surface area contributed by atoms with Crippen LogP contribution in [-0.2, 0) is 22.6 Å². The lowest BCUT2D eigenvalue weighted by Crippen LogP contribution is -2.43. The van der Waals surface area contributed by atoms with E-state index in [1.54, 1.807) is 19.0 Å². The Hall–Kier alpha value is -3.35. The van der Waals surface area contributed by atoms with E-state index < -0.39 is 0 Å². The largest absolute Gasteiger partial charge is 0.356 e. The zero-order valence-corrected chi connectivity index (χ0v) is 18.3. The predicted molar refractivity (Wildman–Crippen MR) is 124 cm³/mol. The number of hydrogen-bond donors (Lipinski definition) is 2. The molecule has 2 aromatic rings. The highest BCUT2D eigenvalue weighted by Crippen LogP contribution is 2.21. The van der Waals surface area contributed by atoms with Crippen molar-refractivity contribution in [1.29, 1.82) is 0 Å². The van der Waals surface area contributed by atoms with E-state index in [0.717, 1.165) is 30.6 Å².